The van der Waals surface area contributed by atoms with Crippen molar-refractivity contribution in [1.29, 1.82) is 0 Å². The summed E-state index contributed by atoms with van der Waals surface area (Å²) in [4.78, 5) is 0. The molecule has 2 unspecified atom stereocenters. The SMILES string of the molecule is Cc1c(N)ccc(CC(C)O)c1CC(C)O. The van der Waals surface area contributed by atoms with Crippen molar-refractivity contribution in [2.75, 3.05) is 5.73 Å². The van der Waals surface area contributed by atoms with E-state index < -0.39 is 6.10 Å². The van der Waals surface area contributed by atoms with Gasteiger partial charge in [-0.1, -0.05) is 6.07 Å². The smallest absolute Gasteiger partial charge is 0.0552 e. The molecule has 0 amide bonds. The van der Waals surface area contributed by atoms with E-state index in [2.05, 4.69) is 0 Å². The fourth-order valence-electron chi connectivity index (χ4n) is 1.92. The van der Waals surface area contributed by atoms with Crippen LogP contribution in [0.2, 0.25) is 0 Å². The molecule has 90 valence electrons. The molecule has 0 saturated heterocycles. The van der Waals surface area contributed by atoms with Crippen LogP contribution in [0.1, 0.15) is 30.5 Å². The van der Waals surface area contributed by atoms with E-state index in [1.54, 1.807) is 13.8 Å². The second-order valence-corrected chi connectivity index (χ2v) is 4.52. The molecule has 3 heteroatoms. The zero-order valence-corrected chi connectivity index (χ0v) is 10.2. The molecule has 1 rings (SSSR count). The number of hydrogen-bond donors (Lipinski definition) is 3. The Morgan fingerprint density at radius 1 is 1.12 bits per heavy atom. The van der Waals surface area contributed by atoms with Crippen molar-refractivity contribution in [1.82, 2.24) is 0 Å². The third kappa shape index (κ3) is 3.22. The molecule has 16 heavy (non-hydrogen) atoms. The van der Waals surface area contributed by atoms with E-state index in [1.807, 2.05) is 19.1 Å². The largest absolute Gasteiger partial charge is 0.399 e. The van der Waals surface area contributed by atoms with Crippen molar-refractivity contribution >= 4 is 5.69 Å². The van der Waals surface area contributed by atoms with Gasteiger partial charge in [0.1, 0.15) is 0 Å². The lowest BCUT2D eigenvalue weighted by atomic mass is 9.93. The monoisotopic (exact) mass is 223 g/mol. The molecule has 0 radical (unpaired) electrons. The van der Waals surface area contributed by atoms with Gasteiger partial charge in [0.15, 0.2) is 0 Å². The maximum Gasteiger partial charge on any atom is 0.0552 e. The van der Waals surface area contributed by atoms with Gasteiger partial charge in [0.05, 0.1) is 12.2 Å². The van der Waals surface area contributed by atoms with Gasteiger partial charge in [0.25, 0.3) is 0 Å². The summed E-state index contributed by atoms with van der Waals surface area (Å²) in [5.41, 5.74) is 9.74. The molecular weight excluding hydrogens is 202 g/mol. The molecule has 0 spiro atoms. The standard InChI is InChI=1S/C13H21NO2/c1-8(15)6-11-4-5-13(14)10(3)12(11)7-9(2)16/h4-5,8-9,15-16H,6-7,14H2,1-3H3. The third-order valence-corrected chi connectivity index (χ3v) is 2.75. The number of anilines is 1. The molecule has 0 aliphatic heterocycles. The molecule has 0 aromatic heterocycles. The molecule has 2 atom stereocenters. The van der Waals surface area contributed by atoms with Crippen LogP contribution in [0.4, 0.5) is 5.69 Å². The highest BCUT2D eigenvalue weighted by Gasteiger charge is 2.12. The minimum Gasteiger partial charge on any atom is -0.399 e. The van der Waals surface area contributed by atoms with Crippen LogP contribution in [-0.4, -0.2) is 22.4 Å². The summed E-state index contributed by atoms with van der Waals surface area (Å²) in [7, 11) is 0. The second kappa shape index (κ2) is 5.32. The van der Waals surface area contributed by atoms with E-state index in [0.717, 1.165) is 22.4 Å². The van der Waals surface area contributed by atoms with E-state index in [0.29, 0.717) is 12.8 Å². The highest BCUT2D eigenvalue weighted by atomic mass is 16.3. The van der Waals surface area contributed by atoms with Crippen molar-refractivity contribution in [3.8, 4) is 0 Å². The maximum absolute atomic E-state index is 9.48. The Hall–Kier alpha value is -1.06. The number of benzene rings is 1. The van der Waals surface area contributed by atoms with Crippen molar-refractivity contribution in [2.24, 2.45) is 0 Å². The summed E-state index contributed by atoms with van der Waals surface area (Å²) in [5, 5.41) is 18.9. The summed E-state index contributed by atoms with van der Waals surface area (Å²) in [5.74, 6) is 0. The molecule has 0 saturated carbocycles. The van der Waals surface area contributed by atoms with Crippen molar-refractivity contribution in [2.45, 2.75) is 45.8 Å². The predicted molar refractivity (Wildman–Crippen MR) is 66.4 cm³/mol. The molecule has 1 aromatic rings. The van der Waals surface area contributed by atoms with E-state index >= 15 is 0 Å². The zero-order chi connectivity index (χ0) is 12.3. The molecule has 0 fully saturated rings. The minimum atomic E-state index is -0.395. The molecule has 4 N–H and O–H groups in total. The Kier molecular flexibility index (Phi) is 4.33. The van der Waals surface area contributed by atoms with Gasteiger partial charge in [0.2, 0.25) is 0 Å². The van der Waals surface area contributed by atoms with E-state index in [1.165, 1.54) is 0 Å². The lowest BCUT2D eigenvalue weighted by Crippen LogP contribution is -2.13. The molecule has 1 aromatic carbocycles. The maximum atomic E-state index is 9.48. The van der Waals surface area contributed by atoms with E-state index in [-0.39, 0.29) is 6.10 Å². The Bertz CT molecular complexity index is 359. The lowest BCUT2D eigenvalue weighted by Gasteiger charge is -2.17. The van der Waals surface area contributed by atoms with Crippen molar-refractivity contribution in [3.63, 3.8) is 0 Å². The van der Waals surface area contributed by atoms with Crippen LogP contribution < -0.4 is 5.73 Å². The van der Waals surface area contributed by atoms with Gasteiger partial charge in [0, 0.05) is 5.69 Å². The van der Waals surface area contributed by atoms with Crippen LogP contribution in [0.3, 0.4) is 0 Å². The van der Waals surface area contributed by atoms with E-state index in [9.17, 15) is 10.2 Å². The van der Waals surface area contributed by atoms with Crippen molar-refractivity contribution in [3.05, 3.63) is 28.8 Å². The lowest BCUT2D eigenvalue weighted by molar-refractivity contribution is 0.188. The number of aliphatic hydroxyl groups excluding tert-OH is 2. The van der Waals surface area contributed by atoms with Crippen LogP contribution in [0, 0.1) is 6.92 Å². The first-order valence-electron chi connectivity index (χ1n) is 5.64. The number of aliphatic hydroxyl groups is 2. The average molecular weight is 223 g/mol. The quantitative estimate of drug-likeness (QED) is 0.676. The third-order valence-electron chi connectivity index (χ3n) is 2.75. The first-order valence-corrected chi connectivity index (χ1v) is 5.64. The first kappa shape index (κ1) is 13.0. The molecular formula is C13H21NO2. The second-order valence-electron chi connectivity index (χ2n) is 4.52. The van der Waals surface area contributed by atoms with Gasteiger partial charge in [-0.25, -0.2) is 0 Å². The van der Waals surface area contributed by atoms with Crippen molar-refractivity contribution < 1.29 is 10.2 Å². The fourth-order valence-corrected chi connectivity index (χ4v) is 1.92. The Morgan fingerprint density at radius 3 is 2.19 bits per heavy atom. The topological polar surface area (TPSA) is 66.5 Å². The van der Waals surface area contributed by atoms with Gasteiger partial charge in [-0.2, -0.15) is 0 Å². The van der Waals surface area contributed by atoms with Crippen LogP contribution in [0.25, 0.3) is 0 Å². The number of nitrogen functional groups attached to an aromatic ring is 1. The van der Waals surface area contributed by atoms with Crippen LogP contribution in [-0.2, 0) is 12.8 Å². The van der Waals surface area contributed by atoms with Crippen LogP contribution in [0.15, 0.2) is 12.1 Å². The number of hydrogen-bond acceptors (Lipinski definition) is 3. The van der Waals surface area contributed by atoms with Gasteiger partial charge < -0.3 is 15.9 Å². The minimum absolute atomic E-state index is 0.379. The van der Waals surface area contributed by atoms with Crippen LogP contribution in [0.5, 0.6) is 0 Å². The van der Waals surface area contributed by atoms with Crippen LogP contribution >= 0.6 is 0 Å². The zero-order valence-electron chi connectivity index (χ0n) is 10.2. The average Bonchev–Trinajstić information content (AvgIpc) is 2.16. The summed E-state index contributed by atoms with van der Waals surface area (Å²) >= 11 is 0. The van der Waals surface area contributed by atoms with E-state index in [4.69, 9.17) is 5.73 Å². The summed E-state index contributed by atoms with van der Waals surface area (Å²) in [6, 6.07) is 3.80. The Balaban J connectivity index is 3.11. The molecule has 0 heterocycles. The molecule has 0 aliphatic carbocycles. The Labute approximate surface area is 96.9 Å². The number of rotatable bonds is 4. The van der Waals surface area contributed by atoms with Gasteiger partial charge >= 0.3 is 0 Å². The Morgan fingerprint density at radius 2 is 1.69 bits per heavy atom. The number of nitrogens with two attached hydrogens (primary N) is 1. The highest BCUT2D eigenvalue weighted by molar-refractivity contribution is 5.53. The normalized spacial score (nSPS) is 14.8. The highest BCUT2D eigenvalue weighted by Crippen LogP contribution is 2.23. The molecule has 0 aliphatic rings. The fraction of sp³-hybridized carbons (Fsp3) is 0.538. The van der Waals surface area contributed by atoms with Gasteiger partial charge in [-0.15, -0.1) is 0 Å². The first-order chi connectivity index (χ1) is 7.41. The molecule has 3 nitrogen and oxygen atoms in total. The van der Waals surface area contributed by atoms with Gasteiger partial charge in [-0.3, -0.25) is 0 Å². The van der Waals surface area contributed by atoms with Gasteiger partial charge in [-0.05, 0) is 56.4 Å². The summed E-state index contributed by atoms with van der Waals surface area (Å²) in [6.45, 7) is 5.48. The summed E-state index contributed by atoms with van der Waals surface area (Å²) < 4.78 is 0. The summed E-state index contributed by atoms with van der Waals surface area (Å²) in [6.07, 6.45) is 0.409. The predicted octanol–water partition coefficient (Wildman–Crippen LogP) is 1.42. The molecule has 0 bridgehead atoms.